The van der Waals surface area contributed by atoms with Gasteiger partial charge in [0.15, 0.2) is 5.82 Å². The minimum Gasteiger partial charge on any atom is -0.376 e. The first kappa shape index (κ1) is 21.6. The quantitative estimate of drug-likeness (QED) is 0.584. The van der Waals surface area contributed by atoms with E-state index >= 15 is 0 Å². The Morgan fingerprint density at radius 1 is 1.32 bits per heavy atom. The lowest BCUT2D eigenvalue weighted by atomic mass is 10.1. The van der Waals surface area contributed by atoms with Gasteiger partial charge < -0.3 is 20.3 Å². The maximum atomic E-state index is 12.4. The highest BCUT2D eigenvalue weighted by Crippen LogP contribution is 2.34. The number of carbonyl (C=O) groups excluding carboxylic acids is 1. The van der Waals surface area contributed by atoms with Crippen LogP contribution < -0.4 is 15.5 Å². The molecule has 2 N–H and O–H groups in total. The molecule has 1 saturated heterocycles. The molecule has 0 radical (unpaired) electrons. The first-order chi connectivity index (χ1) is 14.8. The molecular formula is C22H30N6O2S. The predicted molar refractivity (Wildman–Crippen MR) is 125 cm³/mol. The van der Waals surface area contributed by atoms with E-state index in [-0.39, 0.29) is 24.1 Å². The Balaban J connectivity index is 1.53. The van der Waals surface area contributed by atoms with E-state index in [0.717, 1.165) is 46.6 Å². The molecule has 0 bridgehead atoms. The summed E-state index contributed by atoms with van der Waals surface area (Å²) in [4.78, 5) is 19.9. The first-order valence-electron chi connectivity index (χ1n) is 10.6. The fraction of sp³-hybridized carbons (Fsp3) is 0.500. The van der Waals surface area contributed by atoms with Crippen LogP contribution >= 0.6 is 11.3 Å². The van der Waals surface area contributed by atoms with Crippen LogP contribution in [0.15, 0.2) is 30.3 Å². The summed E-state index contributed by atoms with van der Waals surface area (Å²) in [6.07, 6.45) is 2.21. The van der Waals surface area contributed by atoms with Gasteiger partial charge in [0, 0.05) is 31.3 Å². The molecule has 4 rings (SSSR count). The zero-order valence-corrected chi connectivity index (χ0v) is 19.3. The zero-order valence-electron chi connectivity index (χ0n) is 18.5. The number of nitrogens with zero attached hydrogens (tertiary/aromatic N) is 4. The minimum atomic E-state index is -0.155. The van der Waals surface area contributed by atoms with E-state index in [1.807, 2.05) is 46.8 Å². The standard InChI is InChI=1S/C22H30N6O2S/c1-22(2,3)25-19-18(15-9-6-5-7-10-15)24-20-28(19)26-21(31-20)27(4)14-17(29)23-13-16-11-8-12-30-16/h5-7,9-10,16,25H,8,11-14H2,1-4H3,(H,23,29). The molecule has 1 atom stereocenters. The van der Waals surface area contributed by atoms with Crippen LogP contribution in [0.25, 0.3) is 16.2 Å². The molecule has 1 fully saturated rings. The monoisotopic (exact) mass is 442 g/mol. The molecule has 0 spiro atoms. The van der Waals surface area contributed by atoms with E-state index in [1.165, 1.54) is 11.3 Å². The van der Waals surface area contributed by atoms with Gasteiger partial charge in [-0.05, 0) is 33.6 Å². The van der Waals surface area contributed by atoms with Gasteiger partial charge in [-0.25, -0.2) is 4.98 Å². The average Bonchev–Trinajstić information content (AvgIpc) is 3.44. The second-order valence-electron chi connectivity index (χ2n) is 8.92. The van der Waals surface area contributed by atoms with Crippen molar-refractivity contribution in [2.24, 2.45) is 0 Å². The number of hydrogen-bond acceptors (Lipinski definition) is 7. The lowest BCUT2D eigenvalue weighted by Gasteiger charge is -2.22. The number of aromatic nitrogens is 3. The van der Waals surface area contributed by atoms with E-state index in [2.05, 4.69) is 31.4 Å². The minimum absolute atomic E-state index is 0.0381. The molecule has 1 aliphatic rings. The number of fused-ring (bicyclic) bond motifs is 1. The summed E-state index contributed by atoms with van der Waals surface area (Å²) in [5.74, 6) is 0.816. The van der Waals surface area contributed by atoms with E-state index in [9.17, 15) is 4.79 Å². The largest absolute Gasteiger partial charge is 0.376 e. The third kappa shape index (κ3) is 5.16. The number of imidazole rings is 1. The van der Waals surface area contributed by atoms with Gasteiger partial charge in [-0.2, -0.15) is 4.52 Å². The van der Waals surface area contributed by atoms with E-state index < -0.39 is 0 Å². The van der Waals surface area contributed by atoms with Gasteiger partial charge in [0.1, 0.15) is 5.69 Å². The number of amides is 1. The molecule has 2 aromatic heterocycles. The van der Waals surface area contributed by atoms with Crippen LogP contribution in [0.3, 0.4) is 0 Å². The SMILES string of the molecule is CN(CC(=O)NCC1CCCO1)c1nn2c(NC(C)(C)C)c(-c3ccccc3)nc2s1. The molecule has 1 amide bonds. The molecule has 3 heterocycles. The molecule has 1 unspecified atom stereocenters. The number of benzene rings is 1. The molecule has 0 saturated carbocycles. The smallest absolute Gasteiger partial charge is 0.239 e. The Kier molecular flexibility index (Phi) is 6.15. The van der Waals surface area contributed by atoms with Crippen molar-refractivity contribution in [1.29, 1.82) is 0 Å². The number of likely N-dealkylation sites (N-methyl/N-ethyl adjacent to an activating group) is 1. The highest BCUT2D eigenvalue weighted by atomic mass is 32.1. The Hall–Kier alpha value is -2.65. The number of carbonyl (C=O) groups is 1. The third-order valence-corrected chi connectivity index (χ3v) is 6.01. The number of nitrogens with one attached hydrogen (secondary N) is 2. The van der Waals surface area contributed by atoms with Crippen molar-refractivity contribution < 1.29 is 9.53 Å². The Labute approximate surface area is 186 Å². The van der Waals surface area contributed by atoms with Crippen LogP contribution in [-0.4, -0.2) is 58.9 Å². The molecule has 8 nitrogen and oxygen atoms in total. The second-order valence-corrected chi connectivity index (χ2v) is 9.86. The Bertz CT molecular complexity index is 1030. The Morgan fingerprint density at radius 3 is 2.77 bits per heavy atom. The van der Waals surface area contributed by atoms with Crippen molar-refractivity contribution in [1.82, 2.24) is 19.9 Å². The van der Waals surface area contributed by atoms with Crippen LogP contribution in [0.4, 0.5) is 10.9 Å². The lowest BCUT2D eigenvalue weighted by Crippen LogP contribution is -2.38. The number of rotatable bonds is 7. The Morgan fingerprint density at radius 2 is 2.10 bits per heavy atom. The number of hydrogen-bond donors (Lipinski definition) is 2. The van der Waals surface area contributed by atoms with E-state index in [4.69, 9.17) is 14.8 Å². The van der Waals surface area contributed by atoms with Gasteiger partial charge in [-0.15, -0.1) is 5.10 Å². The van der Waals surface area contributed by atoms with Gasteiger partial charge >= 0.3 is 0 Å². The zero-order chi connectivity index (χ0) is 22.0. The third-order valence-electron chi connectivity index (χ3n) is 4.99. The maximum Gasteiger partial charge on any atom is 0.239 e. The molecule has 166 valence electrons. The van der Waals surface area contributed by atoms with Gasteiger partial charge in [0.05, 0.1) is 12.6 Å². The molecular weight excluding hydrogens is 412 g/mol. The highest BCUT2D eigenvalue weighted by molar-refractivity contribution is 7.20. The maximum absolute atomic E-state index is 12.4. The molecule has 1 aliphatic heterocycles. The molecule has 9 heteroatoms. The molecule has 31 heavy (non-hydrogen) atoms. The summed E-state index contributed by atoms with van der Waals surface area (Å²) in [5, 5.41) is 12.0. The topological polar surface area (TPSA) is 83.8 Å². The van der Waals surface area contributed by atoms with Gasteiger partial charge in [-0.1, -0.05) is 41.7 Å². The van der Waals surface area contributed by atoms with Crippen LogP contribution in [0.1, 0.15) is 33.6 Å². The summed E-state index contributed by atoms with van der Waals surface area (Å²) in [7, 11) is 1.87. The van der Waals surface area contributed by atoms with Crippen LogP contribution in [-0.2, 0) is 9.53 Å². The fourth-order valence-electron chi connectivity index (χ4n) is 3.53. The van der Waals surface area contributed by atoms with Crippen LogP contribution in [0.5, 0.6) is 0 Å². The van der Waals surface area contributed by atoms with Crippen molar-refractivity contribution in [2.45, 2.75) is 45.3 Å². The molecule has 0 aliphatic carbocycles. The van der Waals surface area contributed by atoms with E-state index in [1.54, 1.807) is 0 Å². The van der Waals surface area contributed by atoms with E-state index in [0.29, 0.717) is 6.54 Å². The summed E-state index contributed by atoms with van der Waals surface area (Å²) >= 11 is 1.47. The predicted octanol–water partition coefficient (Wildman–Crippen LogP) is 3.40. The summed E-state index contributed by atoms with van der Waals surface area (Å²) in [6, 6.07) is 10.1. The highest BCUT2D eigenvalue weighted by Gasteiger charge is 2.23. The van der Waals surface area contributed by atoms with Gasteiger partial charge in [-0.3, -0.25) is 4.79 Å². The normalized spacial score (nSPS) is 16.6. The molecule has 3 aromatic rings. The van der Waals surface area contributed by atoms with Crippen molar-refractivity contribution >= 4 is 33.2 Å². The second kappa shape index (κ2) is 8.84. The van der Waals surface area contributed by atoms with Gasteiger partial charge in [0.25, 0.3) is 0 Å². The number of anilines is 2. The molecule has 1 aromatic carbocycles. The summed E-state index contributed by atoms with van der Waals surface area (Å²) < 4.78 is 7.41. The summed E-state index contributed by atoms with van der Waals surface area (Å²) in [5.41, 5.74) is 1.75. The fourth-order valence-corrected chi connectivity index (χ4v) is 4.39. The van der Waals surface area contributed by atoms with Crippen LogP contribution in [0, 0.1) is 0 Å². The van der Waals surface area contributed by atoms with Crippen molar-refractivity contribution in [3.63, 3.8) is 0 Å². The average molecular weight is 443 g/mol. The number of ether oxygens (including phenoxy) is 1. The summed E-state index contributed by atoms with van der Waals surface area (Å²) in [6.45, 7) is 7.91. The first-order valence-corrected chi connectivity index (χ1v) is 11.4. The van der Waals surface area contributed by atoms with Gasteiger partial charge in [0.2, 0.25) is 16.0 Å². The van der Waals surface area contributed by atoms with Crippen molar-refractivity contribution in [3.8, 4) is 11.3 Å². The lowest BCUT2D eigenvalue weighted by molar-refractivity contribution is -0.120. The van der Waals surface area contributed by atoms with Crippen molar-refractivity contribution in [3.05, 3.63) is 30.3 Å². The van der Waals surface area contributed by atoms with Crippen molar-refractivity contribution in [2.75, 3.05) is 37.0 Å². The van der Waals surface area contributed by atoms with Crippen LogP contribution in [0.2, 0.25) is 0 Å².